The van der Waals surface area contributed by atoms with Crippen LogP contribution in [0.2, 0.25) is 0 Å². The van der Waals surface area contributed by atoms with E-state index in [2.05, 4.69) is 23.8 Å². The van der Waals surface area contributed by atoms with Gasteiger partial charge in [-0.15, -0.1) is 0 Å². The third-order valence-corrected chi connectivity index (χ3v) is 1.91. The Morgan fingerprint density at radius 2 is 1.62 bits per heavy atom. The van der Waals surface area contributed by atoms with Gasteiger partial charge in [-0.2, -0.15) is 0 Å². The highest BCUT2D eigenvalue weighted by molar-refractivity contribution is 5.90. The molecule has 0 radical (unpaired) electrons. The van der Waals surface area contributed by atoms with Crippen LogP contribution in [0, 0.1) is 0 Å². The molecule has 0 heterocycles. The Hall–Kier alpha value is -1.62. The van der Waals surface area contributed by atoms with Gasteiger partial charge < -0.3 is 15.4 Å². The van der Waals surface area contributed by atoms with E-state index < -0.39 is 17.7 Å². The highest BCUT2D eigenvalue weighted by Gasteiger charge is 2.31. The summed E-state index contributed by atoms with van der Waals surface area (Å²) in [5, 5.41) is 5.07. The maximum Gasteiger partial charge on any atom is 0.247 e. The molecule has 0 spiro atoms. The van der Waals surface area contributed by atoms with Crippen LogP contribution < -0.4 is 10.6 Å². The molecule has 16 heavy (non-hydrogen) atoms. The monoisotopic (exact) mass is 226 g/mol. The van der Waals surface area contributed by atoms with E-state index in [0.29, 0.717) is 13.0 Å². The first-order valence-electron chi connectivity index (χ1n) is 5.06. The number of amides is 2. The highest BCUT2D eigenvalue weighted by atomic mass is 16.5. The Balaban J connectivity index is 4.81. The normalized spacial score (nSPS) is 10.4. The van der Waals surface area contributed by atoms with Crippen molar-refractivity contribution in [3.05, 3.63) is 25.3 Å². The number of nitrogens with one attached hydrogen (secondary N) is 2. The third kappa shape index (κ3) is 4.27. The van der Waals surface area contributed by atoms with E-state index in [1.54, 1.807) is 13.8 Å². The second-order valence-electron chi connectivity index (χ2n) is 3.00. The fourth-order valence-corrected chi connectivity index (χ4v) is 1.13. The summed E-state index contributed by atoms with van der Waals surface area (Å²) in [6.07, 6.45) is 2.62. The van der Waals surface area contributed by atoms with Gasteiger partial charge in [-0.3, -0.25) is 9.59 Å². The smallest absolute Gasteiger partial charge is 0.247 e. The molecule has 0 rings (SSSR count). The largest absolute Gasteiger partial charge is 0.338 e. The summed E-state index contributed by atoms with van der Waals surface area (Å²) in [6.45, 7) is 10.6. The van der Waals surface area contributed by atoms with Crippen molar-refractivity contribution in [2.24, 2.45) is 0 Å². The minimum Gasteiger partial charge on any atom is -0.338 e. The van der Waals surface area contributed by atoms with Crippen LogP contribution in [0.3, 0.4) is 0 Å². The lowest BCUT2D eigenvalue weighted by atomic mass is 10.2. The first kappa shape index (κ1) is 14.4. The zero-order chi connectivity index (χ0) is 12.6. The average molecular weight is 226 g/mol. The number of hydrogen-bond acceptors (Lipinski definition) is 3. The third-order valence-electron chi connectivity index (χ3n) is 1.91. The number of rotatable bonds is 7. The lowest BCUT2D eigenvalue weighted by molar-refractivity contribution is -0.143. The molecule has 0 aromatic heterocycles. The molecule has 0 saturated carbocycles. The van der Waals surface area contributed by atoms with Gasteiger partial charge in [-0.25, -0.2) is 0 Å². The molecular formula is C11H18N2O3. The molecule has 0 aliphatic rings. The van der Waals surface area contributed by atoms with E-state index in [9.17, 15) is 9.59 Å². The van der Waals surface area contributed by atoms with E-state index in [4.69, 9.17) is 4.74 Å². The molecule has 0 aromatic carbocycles. The van der Waals surface area contributed by atoms with Crippen molar-refractivity contribution in [3.63, 3.8) is 0 Å². The molecule has 0 aromatic rings. The summed E-state index contributed by atoms with van der Waals surface area (Å²) >= 11 is 0. The molecule has 2 amide bonds. The Bertz CT molecular complexity index is 265. The van der Waals surface area contributed by atoms with Crippen molar-refractivity contribution in [1.29, 1.82) is 0 Å². The van der Waals surface area contributed by atoms with Crippen LogP contribution in [0.25, 0.3) is 0 Å². The summed E-state index contributed by atoms with van der Waals surface area (Å²) in [4.78, 5) is 22.5. The number of carbonyl (C=O) groups excluding carboxylic acids is 2. The first-order valence-corrected chi connectivity index (χ1v) is 5.06. The lowest BCUT2D eigenvalue weighted by Crippen LogP contribution is -2.61. The second kappa shape index (κ2) is 6.79. The zero-order valence-electron chi connectivity index (χ0n) is 9.71. The summed E-state index contributed by atoms with van der Waals surface area (Å²) in [6, 6.07) is 0. The van der Waals surface area contributed by atoms with Crippen LogP contribution in [0.5, 0.6) is 0 Å². The maximum absolute atomic E-state index is 11.2. The zero-order valence-corrected chi connectivity index (χ0v) is 9.71. The van der Waals surface area contributed by atoms with E-state index in [0.717, 1.165) is 12.2 Å². The summed E-state index contributed by atoms with van der Waals surface area (Å²) in [7, 11) is 0. The molecule has 0 bridgehead atoms. The fourth-order valence-electron chi connectivity index (χ4n) is 1.13. The molecule has 5 heteroatoms. The van der Waals surface area contributed by atoms with Crippen molar-refractivity contribution in [2.75, 3.05) is 6.61 Å². The van der Waals surface area contributed by atoms with E-state index in [1.165, 1.54) is 0 Å². The van der Waals surface area contributed by atoms with Gasteiger partial charge in [0.1, 0.15) is 0 Å². The average Bonchev–Trinajstić information content (AvgIpc) is 2.28. The van der Waals surface area contributed by atoms with Crippen LogP contribution in [-0.4, -0.2) is 24.3 Å². The summed E-state index contributed by atoms with van der Waals surface area (Å²) in [5.41, 5.74) is 0. The number of hydrogen-bond donors (Lipinski definition) is 2. The molecule has 90 valence electrons. The molecule has 0 atom stereocenters. The molecule has 0 unspecified atom stereocenters. The fraction of sp³-hybridized carbons (Fsp3) is 0.455. The van der Waals surface area contributed by atoms with Crippen molar-refractivity contribution in [3.8, 4) is 0 Å². The molecule has 0 aliphatic carbocycles. The Morgan fingerprint density at radius 3 is 1.88 bits per heavy atom. The van der Waals surface area contributed by atoms with Gasteiger partial charge in [0.15, 0.2) is 0 Å². The number of ether oxygens (including phenoxy) is 1. The highest BCUT2D eigenvalue weighted by Crippen LogP contribution is 2.08. The van der Waals surface area contributed by atoms with Gasteiger partial charge in [-0.05, 0) is 19.1 Å². The minimum atomic E-state index is -1.20. The van der Waals surface area contributed by atoms with Gasteiger partial charge in [0.2, 0.25) is 17.7 Å². The Kier molecular flexibility index (Phi) is 6.10. The van der Waals surface area contributed by atoms with E-state index >= 15 is 0 Å². The molecule has 0 aliphatic heterocycles. The topological polar surface area (TPSA) is 67.4 Å². The van der Waals surface area contributed by atoms with Crippen LogP contribution in [0.15, 0.2) is 25.3 Å². The molecule has 0 saturated heterocycles. The predicted molar refractivity (Wildman–Crippen MR) is 61.3 cm³/mol. The van der Waals surface area contributed by atoms with Crippen molar-refractivity contribution < 1.29 is 14.3 Å². The lowest BCUT2D eigenvalue weighted by Gasteiger charge is -2.33. The van der Waals surface area contributed by atoms with Gasteiger partial charge in [0.25, 0.3) is 0 Å². The quantitative estimate of drug-likeness (QED) is 0.496. The van der Waals surface area contributed by atoms with Crippen molar-refractivity contribution in [1.82, 2.24) is 10.6 Å². The first-order chi connectivity index (χ1) is 7.53. The standard InChI is InChI=1S/C11H18N2O3/c1-5-9(14)12-11(7-3,16-8-4)13-10(15)6-2/h5-6H,1-2,7-8H2,3-4H3,(H,12,14)(H,13,15). The molecule has 0 fully saturated rings. The number of carbonyl (C=O) groups is 2. The summed E-state index contributed by atoms with van der Waals surface area (Å²) in [5.74, 6) is -2.04. The Morgan fingerprint density at radius 1 is 1.19 bits per heavy atom. The predicted octanol–water partition coefficient (Wildman–Crippen LogP) is 0.691. The van der Waals surface area contributed by atoms with Gasteiger partial charge in [-0.1, -0.05) is 20.1 Å². The van der Waals surface area contributed by atoms with Gasteiger partial charge in [0.05, 0.1) is 0 Å². The molecule has 5 nitrogen and oxygen atoms in total. The van der Waals surface area contributed by atoms with Crippen LogP contribution >= 0.6 is 0 Å². The second-order valence-corrected chi connectivity index (χ2v) is 3.00. The maximum atomic E-state index is 11.2. The SMILES string of the molecule is C=CC(=O)NC(CC)(NC(=O)C=C)OCC. The van der Waals surface area contributed by atoms with Crippen molar-refractivity contribution in [2.45, 2.75) is 26.1 Å². The van der Waals surface area contributed by atoms with Crippen LogP contribution in [0.1, 0.15) is 20.3 Å². The molecular weight excluding hydrogens is 208 g/mol. The van der Waals surface area contributed by atoms with Crippen LogP contribution in [-0.2, 0) is 14.3 Å². The van der Waals surface area contributed by atoms with E-state index in [1.807, 2.05) is 0 Å². The van der Waals surface area contributed by atoms with Crippen LogP contribution in [0.4, 0.5) is 0 Å². The minimum absolute atomic E-state index is 0.350. The van der Waals surface area contributed by atoms with Gasteiger partial charge >= 0.3 is 0 Å². The Labute approximate surface area is 95.5 Å². The summed E-state index contributed by atoms with van der Waals surface area (Å²) < 4.78 is 5.36. The van der Waals surface area contributed by atoms with Crippen molar-refractivity contribution >= 4 is 11.8 Å². The molecule has 2 N–H and O–H groups in total. The van der Waals surface area contributed by atoms with E-state index in [-0.39, 0.29) is 0 Å². The van der Waals surface area contributed by atoms with Gasteiger partial charge in [0, 0.05) is 13.0 Å².